The highest BCUT2D eigenvalue weighted by Gasteiger charge is 2.16. The summed E-state index contributed by atoms with van der Waals surface area (Å²) in [5.41, 5.74) is 6.33. The minimum absolute atomic E-state index is 0.257. The third kappa shape index (κ3) is 3.70. The van der Waals surface area contributed by atoms with Crippen molar-refractivity contribution in [2.75, 3.05) is 6.54 Å². The Morgan fingerprint density at radius 3 is 2.75 bits per heavy atom. The van der Waals surface area contributed by atoms with Gasteiger partial charge in [0.25, 0.3) is 0 Å². The van der Waals surface area contributed by atoms with Crippen molar-refractivity contribution in [2.45, 2.75) is 17.9 Å². The molecular formula is C12H16BrN3O2S2. The highest BCUT2D eigenvalue weighted by atomic mass is 79.9. The minimum Gasteiger partial charge on any atom is -0.352 e. The summed E-state index contributed by atoms with van der Waals surface area (Å²) in [4.78, 5) is 1.39. The van der Waals surface area contributed by atoms with E-state index in [0.29, 0.717) is 19.5 Å². The van der Waals surface area contributed by atoms with Crippen LogP contribution in [-0.4, -0.2) is 19.5 Å². The van der Waals surface area contributed by atoms with Gasteiger partial charge in [0.05, 0.1) is 8.68 Å². The number of aryl methyl sites for hydroxylation is 1. The van der Waals surface area contributed by atoms with E-state index in [9.17, 15) is 8.42 Å². The van der Waals surface area contributed by atoms with Gasteiger partial charge in [-0.2, -0.15) is 0 Å². The number of rotatable bonds is 6. The van der Waals surface area contributed by atoms with Gasteiger partial charge in [-0.1, -0.05) is 0 Å². The van der Waals surface area contributed by atoms with Gasteiger partial charge in [-0.3, -0.25) is 0 Å². The van der Waals surface area contributed by atoms with Crippen molar-refractivity contribution in [3.05, 3.63) is 38.8 Å². The zero-order valence-electron chi connectivity index (χ0n) is 11.0. The lowest BCUT2D eigenvalue weighted by atomic mass is 10.3. The molecule has 0 aliphatic heterocycles. The summed E-state index contributed by atoms with van der Waals surface area (Å²) in [6.07, 6.45) is 2.25. The number of hydrogen-bond donors (Lipinski definition) is 2. The second-order valence-corrected chi connectivity index (χ2v) is 8.65. The number of aromatic nitrogens is 1. The zero-order chi connectivity index (χ0) is 14.8. The first-order valence-electron chi connectivity index (χ1n) is 6.01. The van der Waals surface area contributed by atoms with E-state index in [2.05, 4.69) is 20.7 Å². The first-order valence-corrected chi connectivity index (χ1v) is 9.11. The molecule has 2 rings (SSSR count). The minimum atomic E-state index is -3.47. The molecule has 0 saturated heterocycles. The van der Waals surface area contributed by atoms with Gasteiger partial charge in [0.2, 0.25) is 10.0 Å². The Labute approximate surface area is 131 Å². The molecule has 0 fully saturated rings. The first kappa shape index (κ1) is 15.7. The summed E-state index contributed by atoms with van der Waals surface area (Å²) < 4.78 is 29.7. The van der Waals surface area contributed by atoms with Crippen molar-refractivity contribution in [1.82, 2.24) is 9.29 Å². The zero-order valence-corrected chi connectivity index (χ0v) is 14.2. The molecule has 0 aliphatic carbocycles. The maximum absolute atomic E-state index is 12.1. The molecule has 0 saturated carbocycles. The smallest absolute Gasteiger partial charge is 0.242 e. The fourth-order valence-electron chi connectivity index (χ4n) is 1.80. The maximum atomic E-state index is 12.1. The summed E-state index contributed by atoms with van der Waals surface area (Å²) in [7, 11) is -1.69. The molecular weight excluding hydrogens is 362 g/mol. The van der Waals surface area contributed by atoms with E-state index in [-0.39, 0.29) is 4.90 Å². The molecule has 0 amide bonds. The van der Waals surface area contributed by atoms with Crippen LogP contribution in [0.25, 0.3) is 0 Å². The molecule has 5 nitrogen and oxygen atoms in total. The van der Waals surface area contributed by atoms with Crippen molar-refractivity contribution < 1.29 is 8.42 Å². The fourth-order valence-corrected chi connectivity index (χ4v) is 4.41. The molecule has 2 aromatic rings. The van der Waals surface area contributed by atoms with E-state index in [1.165, 1.54) is 0 Å². The molecule has 3 N–H and O–H groups in total. The van der Waals surface area contributed by atoms with Gasteiger partial charge in [-0.25, -0.2) is 13.1 Å². The number of nitrogens with one attached hydrogen (secondary N) is 1. The van der Waals surface area contributed by atoms with Crippen LogP contribution in [0.15, 0.2) is 33.1 Å². The Kier molecular flexibility index (Phi) is 5.03. The summed E-state index contributed by atoms with van der Waals surface area (Å²) in [6.45, 7) is 0.692. The van der Waals surface area contributed by atoms with Gasteiger partial charge in [-0.15, -0.1) is 11.3 Å². The van der Waals surface area contributed by atoms with Gasteiger partial charge in [0, 0.05) is 36.9 Å². The topological polar surface area (TPSA) is 77.1 Å². The van der Waals surface area contributed by atoms with Crippen molar-refractivity contribution >= 4 is 37.3 Å². The predicted molar refractivity (Wildman–Crippen MR) is 84.2 cm³/mol. The molecule has 110 valence electrons. The van der Waals surface area contributed by atoms with E-state index in [4.69, 9.17) is 5.73 Å². The van der Waals surface area contributed by atoms with Crippen molar-refractivity contribution in [3.8, 4) is 0 Å². The number of sulfonamides is 1. The molecule has 0 aliphatic rings. The predicted octanol–water partition coefficient (Wildman–Crippen LogP) is 1.83. The lowest BCUT2D eigenvalue weighted by molar-refractivity contribution is 0.581. The third-order valence-corrected chi connectivity index (χ3v) is 6.01. The van der Waals surface area contributed by atoms with Crippen molar-refractivity contribution in [3.63, 3.8) is 0 Å². The van der Waals surface area contributed by atoms with E-state index in [0.717, 1.165) is 14.4 Å². The van der Waals surface area contributed by atoms with Crippen molar-refractivity contribution in [2.24, 2.45) is 12.8 Å². The van der Waals surface area contributed by atoms with Crippen LogP contribution in [0.3, 0.4) is 0 Å². The normalized spacial score (nSPS) is 11.9. The highest BCUT2D eigenvalue weighted by Crippen LogP contribution is 2.22. The van der Waals surface area contributed by atoms with E-state index >= 15 is 0 Å². The SMILES string of the molecule is Cn1cc(S(=O)(=O)NCCc2ccc(Br)s2)cc1CN. The molecule has 0 spiro atoms. The average Bonchev–Trinajstić information content (AvgIpc) is 2.95. The molecule has 0 bridgehead atoms. The van der Waals surface area contributed by atoms with Gasteiger partial charge in [-0.05, 0) is 40.5 Å². The molecule has 0 unspecified atom stereocenters. The molecule has 0 atom stereocenters. The Balaban J connectivity index is 2.00. The monoisotopic (exact) mass is 377 g/mol. The number of halogens is 1. The number of nitrogens with two attached hydrogens (primary N) is 1. The molecule has 2 aromatic heterocycles. The van der Waals surface area contributed by atoms with Crippen molar-refractivity contribution in [1.29, 1.82) is 0 Å². The largest absolute Gasteiger partial charge is 0.352 e. The fraction of sp³-hybridized carbons (Fsp3) is 0.333. The molecule has 2 heterocycles. The van der Waals surface area contributed by atoms with Crippen LogP contribution < -0.4 is 10.5 Å². The number of nitrogens with zero attached hydrogens (tertiary/aromatic N) is 1. The molecule has 8 heteroatoms. The average molecular weight is 378 g/mol. The first-order chi connectivity index (χ1) is 9.42. The number of thiophene rings is 1. The highest BCUT2D eigenvalue weighted by molar-refractivity contribution is 9.11. The Morgan fingerprint density at radius 2 is 2.20 bits per heavy atom. The maximum Gasteiger partial charge on any atom is 0.242 e. The molecule has 20 heavy (non-hydrogen) atoms. The Hall–Kier alpha value is -0.670. The second kappa shape index (κ2) is 6.40. The van der Waals surface area contributed by atoms with Gasteiger partial charge < -0.3 is 10.3 Å². The van der Waals surface area contributed by atoms with Crippen LogP contribution in [0.2, 0.25) is 0 Å². The van der Waals surface area contributed by atoms with Gasteiger partial charge >= 0.3 is 0 Å². The summed E-state index contributed by atoms with van der Waals surface area (Å²) in [6, 6.07) is 5.54. The van der Waals surface area contributed by atoms with Crippen LogP contribution >= 0.6 is 27.3 Å². The van der Waals surface area contributed by atoms with Crippen LogP contribution in [0.1, 0.15) is 10.6 Å². The third-order valence-electron chi connectivity index (χ3n) is 2.89. The standard InChI is InChI=1S/C12H16BrN3O2S2/c1-16-8-11(6-9(16)7-14)20(17,18)15-5-4-10-2-3-12(13)19-10/h2-3,6,8,15H,4-5,7,14H2,1H3. The van der Waals surface area contributed by atoms with E-state index in [1.54, 1.807) is 35.2 Å². The van der Waals surface area contributed by atoms with Crippen LogP contribution in [0.4, 0.5) is 0 Å². The van der Waals surface area contributed by atoms with E-state index < -0.39 is 10.0 Å². The molecule has 0 aromatic carbocycles. The second-order valence-electron chi connectivity index (χ2n) is 4.34. The van der Waals surface area contributed by atoms with E-state index in [1.807, 2.05) is 12.1 Å². The van der Waals surface area contributed by atoms with Crippen LogP contribution in [0, 0.1) is 0 Å². The lowest BCUT2D eigenvalue weighted by Gasteiger charge is -2.03. The molecule has 0 radical (unpaired) electrons. The Bertz CT molecular complexity index is 691. The van der Waals surface area contributed by atoms with Crippen LogP contribution in [-0.2, 0) is 30.0 Å². The van der Waals surface area contributed by atoms with Gasteiger partial charge in [0.1, 0.15) is 0 Å². The van der Waals surface area contributed by atoms with Crippen LogP contribution in [0.5, 0.6) is 0 Å². The summed E-state index contributed by atoms with van der Waals surface area (Å²) in [5.74, 6) is 0. The number of hydrogen-bond acceptors (Lipinski definition) is 4. The summed E-state index contributed by atoms with van der Waals surface area (Å²) >= 11 is 4.99. The Morgan fingerprint density at radius 1 is 1.45 bits per heavy atom. The lowest BCUT2D eigenvalue weighted by Crippen LogP contribution is -2.25. The summed E-state index contributed by atoms with van der Waals surface area (Å²) in [5, 5.41) is 0. The van der Waals surface area contributed by atoms with Gasteiger partial charge in [0.15, 0.2) is 0 Å². The quantitative estimate of drug-likeness (QED) is 0.805.